The maximum absolute atomic E-state index is 12.3. The van der Waals surface area contributed by atoms with Gasteiger partial charge < -0.3 is 14.8 Å². The van der Waals surface area contributed by atoms with Gasteiger partial charge in [-0.25, -0.2) is 0 Å². The number of H-pyrrole nitrogens is 1. The lowest BCUT2D eigenvalue weighted by atomic mass is 10.1. The molecule has 0 aliphatic rings. The van der Waals surface area contributed by atoms with Crippen molar-refractivity contribution in [2.24, 2.45) is 0 Å². The number of hydrogen-bond acceptors (Lipinski definition) is 4. The Morgan fingerprint density at radius 2 is 2.00 bits per heavy atom. The number of hydrogen-bond donors (Lipinski definition) is 2. The van der Waals surface area contributed by atoms with Crippen molar-refractivity contribution in [3.8, 4) is 11.5 Å². The zero-order valence-electron chi connectivity index (χ0n) is 12.2. The van der Waals surface area contributed by atoms with Crippen LogP contribution >= 0.6 is 11.6 Å². The number of amides is 1. The maximum Gasteiger partial charge on any atom is 0.257 e. The number of rotatable bonds is 4. The average Bonchev–Trinajstić information content (AvgIpc) is 2.78. The average molecular weight is 310 g/mol. The van der Waals surface area contributed by atoms with Gasteiger partial charge in [0.05, 0.1) is 19.2 Å². The summed E-state index contributed by atoms with van der Waals surface area (Å²) in [6, 6.07) is 3.09. The Morgan fingerprint density at radius 1 is 1.29 bits per heavy atom. The molecule has 0 bridgehead atoms. The number of aromatic nitrogens is 2. The molecule has 2 aromatic rings. The van der Waals surface area contributed by atoms with Crippen LogP contribution in [0.1, 0.15) is 21.6 Å². The molecule has 2 rings (SSSR count). The smallest absolute Gasteiger partial charge is 0.257 e. The summed E-state index contributed by atoms with van der Waals surface area (Å²) in [5.74, 6) is 0.948. The second kappa shape index (κ2) is 6.05. The van der Waals surface area contributed by atoms with Crippen molar-refractivity contribution in [2.75, 3.05) is 19.5 Å². The number of aryl methyl sites for hydroxylation is 1. The number of nitrogens with one attached hydrogen (secondary N) is 2. The van der Waals surface area contributed by atoms with Crippen molar-refractivity contribution in [1.29, 1.82) is 0 Å². The summed E-state index contributed by atoms with van der Waals surface area (Å²) in [5, 5.41) is 9.87. The summed E-state index contributed by atoms with van der Waals surface area (Å²) >= 11 is 6.09. The van der Waals surface area contributed by atoms with Crippen LogP contribution < -0.4 is 14.8 Å². The molecule has 0 unspecified atom stereocenters. The van der Waals surface area contributed by atoms with E-state index in [0.29, 0.717) is 27.9 Å². The van der Waals surface area contributed by atoms with Gasteiger partial charge in [-0.15, -0.1) is 0 Å². The highest BCUT2D eigenvalue weighted by Gasteiger charge is 2.17. The number of methoxy groups -OCH3 is 2. The van der Waals surface area contributed by atoms with Gasteiger partial charge in [-0.2, -0.15) is 5.10 Å². The van der Waals surface area contributed by atoms with Crippen LogP contribution in [-0.4, -0.2) is 30.3 Å². The molecule has 2 N–H and O–H groups in total. The lowest BCUT2D eigenvalue weighted by Crippen LogP contribution is -2.13. The first-order valence-corrected chi connectivity index (χ1v) is 6.60. The number of benzene rings is 1. The maximum atomic E-state index is 12.3. The molecule has 0 saturated carbocycles. The highest BCUT2D eigenvalue weighted by Crippen LogP contribution is 2.36. The number of carbonyl (C=O) groups excluding carboxylic acids is 1. The van der Waals surface area contributed by atoms with E-state index in [0.717, 1.165) is 11.3 Å². The van der Waals surface area contributed by atoms with Gasteiger partial charge in [0.25, 0.3) is 5.91 Å². The largest absolute Gasteiger partial charge is 0.493 e. The minimum absolute atomic E-state index is 0.303. The topological polar surface area (TPSA) is 76.2 Å². The van der Waals surface area contributed by atoms with E-state index in [1.165, 1.54) is 20.3 Å². The normalized spacial score (nSPS) is 10.3. The van der Waals surface area contributed by atoms with Crippen LogP contribution in [-0.2, 0) is 0 Å². The number of halogens is 1. The molecule has 1 aromatic carbocycles. The van der Waals surface area contributed by atoms with E-state index in [9.17, 15) is 4.79 Å². The van der Waals surface area contributed by atoms with Gasteiger partial charge in [0, 0.05) is 16.8 Å². The van der Waals surface area contributed by atoms with E-state index >= 15 is 0 Å². The number of aromatic amines is 1. The van der Waals surface area contributed by atoms with E-state index in [4.69, 9.17) is 21.1 Å². The Morgan fingerprint density at radius 3 is 2.52 bits per heavy atom. The van der Waals surface area contributed by atoms with Crippen LogP contribution in [0.3, 0.4) is 0 Å². The third kappa shape index (κ3) is 2.95. The quantitative estimate of drug-likeness (QED) is 0.910. The van der Waals surface area contributed by atoms with Gasteiger partial charge in [-0.3, -0.25) is 9.89 Å². The standard InChI is InChI=1S/C14H16ClN3O3/c1-7-8(2)17-18-13(7)16-14(19)9-5-10(15)12(21-4)11(6-9)20-3/h5-6H,1-4H3,(H2,16,17,18,19). The van der Waals surface area contributed by atoms with Crippen molar-refractivity contribution >= 4 is 23.3 Å². The van der Waals surface area contributed by atoms with Gasteiger partial charge >= 0.3 is 0 Å². The Hall–Kier alpha value is -2.21. The minimum atomic E-state index is -0.326. The van der Waals surface area contributed by atoms with Crippen molar-refractivity contribution in [2.45, 2.75) is 13.8 Å². The number of anilines is 1. The Bertz CT molecular complexity index is 682. The highest BCUT2D eigenvalue weighted by molar-refractivity contribution is 6.32. The third-order valence-electron chi connectivity index (χ3n) is 3.18. The Kier molecular flexibility index (Phi) is 4.37. The molecular formula is C14H16ClN3O3. The summed E-state index contributed by atoms with van der Waals surface area (Å²) in [6.07, 6.45) is 0. The van der Waals surface area contributed by atoms with Crippen LogP contribution in [0.2, 0.25) is 5.02 Å². The van der Waals surface area contributed by atoms with Gasteiger partial charge in [-0.1, -0.05) is 11.6 Å². The SMILES string of the molecule is COc1cc(C(=O)Nc2n[nH]c(C)c2C)cc(Cl)c1OC. The van der Waals surface area contributed by atoms with E-state index in [1.807, 2.05) is 13.8 Å². The van der Waals surface area contributed by atoms with Crippen LogP contribution in [0.25, 0.3) is 0 Å². The molecule has 7 heteroatoms. The third-order valence-corrected chi connectivity index (χ3v) is 3.46. The Labute approximate surface area is 127 Å². The summed E-state index contributed by atoms with van der Waals surface area (Å²) in [4.78, 5) is 12.3. The molecule has 0 fully saturated rings. The predicted molar refractivity (Wildman–Crippen MR) is 80.6 cm³/mol. The predicted octanol–water partition coefficient (Wildman–Crippen LogP) is 2.95. The second-order valence-electron chi connectivity index (χ2n) is 4.47. The fraction of sp³-hybridized carbons (Fsp3) is 0.286. The first kappa shape index (κ1) is 15.2. The zero-order valence-corrected chi connectivity index (χ0v) is 13.0. The number of ether oxygens (including phenoxy) is 2. The summed E-state index contributed by atoms with van der Waals surface area (Å²) in [7, 11) is 2.97. The lowest BCUT2D eigenvalue weighted by molar-refractivity contribution is 0.102. The molecule has 1 heterocycles. The molecule has 0 spiro atoms. The minimum Gasteiger partial charge on any atom is -0.493 e. The van der Waals surface area contributed by atoms with Gasteiger partial charge in [0.2, 0.25) is 0 Å². The fourth-order valence-corrected chi connectivity index (χ4v) is 2.12. The van der Waals surface area contributed by atoms with Crippen molar-refractivity contribution in [3.05, 3.63) is 34.0 Å². The van der Waals surface area contributed by atoms with Crippen LogP contribution in [0.15, 0.2) is 12.1 Å². The number of nitrogens with zero attached hydrogens (tertiary/aromatic N) is 1. The van der Waals surface area contributed by atoms with Crippen LogP contribution in [0.4, 0.5) is 5.82 Å². The van der Waals surface area contributed by atoms with Crippen LogP contribution in [0.5, 0.6) is 11.5 Å². The van der Waals surface area contributed by atoms with E-state index < -0.39 is 0 Å². The molecule has 0 aliphatic carbocycles. The molecule has 0 aliphatic heterocycles. The number of carbonyl (C=O) groups is 1. The highest BCUT2D eigenvalue weighted by atomic mass is 35.5. The molecule has 0 saturated heterocycles. The van der Waals surface area contributed by atoms with E-state index in [1.54, 1.807) is 6.07 Å². The molecule has 112 valence electrons. The van der Waals surface area contributed by atoms with E-state index in [-0.39, 0.29) is 5.91 Å². The van der Waals surface area contributed by atoms with Crippen LogP contribution in [0, 0.1) is 13.8 Å². The summed E-state index contributed by atoms with van der Waals surface area (Å²) < 4.78 is 10.3. The van der Waals surface area contributed by atoms with Gasteiger partial charge in [0.1, 0.15) is 0 Å². The summed E-state index contributed by atoms with van der Waals surface area (Å²) in [5.41, 5.74) is 2.14. The van der Waals surface area contributed by atoms with E-state index in [2.05, 4.69) is 15.5 Å². The summed E-state index contributed by atoms with van der Waals surface area (Å²) in [6.45, 7) is 3.75. The fourth-order valence-electron chi connectivity index (χ4n) is 1.84. The second-order valence-corrected chi connectivity index (χ2v) is 4.88. The first-order valence-electron chi connectivity index (χ1n) is 6.22. The first-order chi connectivity index (χ1) is 9.97. The van der Waals surface area contributed by atoms with Crippen molar-refractivity contribution < 1.29 is 14.3 Å². The monoisotopic (exact) mass is 309 g/mol. The van der Waals surface area contributed by atoms with Gasteiger partial charge in [-0.05, 0) is 26.0 Å². The Balaban J connectivity index is 2.31. The molecule has 0 radical (unpaired) electrons. The molecular weight excluding hydrogens is 294 g/mol. The molecule has 0 atom stereocenters. The molecule has 21 heavy (non-hydrogen) atoms. The molecule has 6 nitrogen and oxygen atoms in total. The molecule has 1 aromatic heterocycles. The lowest BCUT2D eigenvalue weighted by Gasteiger charge is -2.11. The van der Waals surface area contributed by atoms with Crippen molar-refractivity contribution in [1.82, 2.24) is 10.2 Å². The molecule has 1 amide bonds. The van der Waals surface area contributed by atoms with Gasteiger partial charge in [0.15, 0.2) is 17.3 Å². The van der Waals surface area contributed by atoms with Crippen molar-refractivity contribution in [3.63, 3.8) is 0 Å². The zero-order chi connectivity index (χ0) is 15.6.